The molecule has 0 radical (unpaired) electrons. The van der Waals surface area contributed by atoms with Gasteiger partial charge in [0.25, 0.3) is 0 Å². The molecule has 0 fully saturated rings. The zero-order valence-electron chi connectivity index (χ0n) is 8.65. The highest BCUT2D eigenvalue weighted by Gasteiger charge is 2.42. The van der Waals surface area contributed by atoms with Crippen LogP contribution in [0, 0.1) is 11.3 Å². The van der Waals surface area contributed by atoms with Crippen LogP contribution in [0.4, 0.5) is 18.9 Å². The van der Waals surface area contributed by atoms with E-state index in [9.17, 15) is 13.2 Å². The van der Waals surface area contributed by atoms with Crippen LogP contribution in [0.1, 0.15) is 5.56 Å². The first-order valence-electron chi connectivity index (χ1n) is 4.73. The van der Waals surface area contributed by atoms with Crippen LogP contribution in [0.5, 0.6) is 0 Å². The number of nitriles is 1. The zero-order chi connectivity index (χ0) is 13.6. The van der Waals surface area contributed by atoms with Gasteiger partial charge in [0.2, 0.25) is 4.45 Å². The average Bonchev–Trinajstić information content (AvgIpc) is 2.28. The van der Waals surface area contributed by atoms with E-state index < -0.39 is 16.2 Å². The lowest BCUT2D eigenvalue weighted by molar-refractivity contribution is -0.0691. The molecule has 0 bridgehead atoms. The smallest absolute Gasteiger partial charge is 0.355 e. The Balaban J connectivity index is 2.68. The molecule has 1 atom stereocenters. The summed E-state index contributed by atoms with van der Waals surface area (Å²) >= 11 is 8.63. The number of hydrogen-bond acceptors (Lipinski definition) is 2. The molecule has 0 aliphatic carbocycles. The first-order valence-corrected chi connectivity index (χ1v) is 5.90. The molecule has 18 heavy (non-hydrogen) atoms. The fourth-order valence-corrected chi connectivity index (χ4v) is 2.27. The van der Waals surface area contributed by atoms with Crippen molar-refractivity contribution in [2.45, 2.75) is 10.6 Å². The summed E-state index contributed by atoms with van der Waals surface area (Å²) in [5.41, 5.74) is -0.759. The lowest BCUT2D eigenvalue weighted by atomic mass is 9.97. The van der Waals surface area contributed by atoms with Crippen LogP contribution in [0.2, 0.25) is 5.02 Å². The molecule has 0 amide bonds. The van der Waals surface area contributed by atoms with E-state index in [-0.39, 0.29) is 16.3 Å². The van der Waals surface area contributed by atoms with Crippen molar-refractivity contribution >= 4 is 38.8 Å². The van der Waals surface area contributed by atoms with Gasteiger partial charge in [0, 0.05) is 16.3 Å². The molecule has 0 aromatic heterocycles. The number of anilines is 1. The number of fused-ring (bicyclic) bond motifs is 1. The predicted octanol–water partition coefficient (Wildman–Crippen LogP) is 4.33. The lowest BCUT2D eigenvalue weighted by Crippen LogP contribution is -2.33. The third-order valence-electron chi connectivity index (χ3n) is 2.40. The standard InChI is InChI=1S/C11H5BrClF3N2/c12-10(5-17)4-8(11(14,15)16)7-3-6(13)1-2-9(7)18-10/h1-4,18H. The van der Waals surface area contributed by atoms with Gasteiger partial charge in [-0.3, -0.25) is 0 Å². The second-order valence-electron chi connectivity index (χ2n) is 3.69. The summed E-state index contributed by atoms with van der Waals surface area (Å²) in [6.07, 6.45) is -3.76. The summed E-state index contributed by atoms with van der Waals surface area (Å²) in [7, 11) is 0. The topological polar surface area (TPSA) is 35.8 Å². The molecule has 1 aromatic rings. The van der Waals surface area contributed by atoms with E-state index in [0.717, 1.165) is 6.08 Å². The number of benzene rings is 1. The minimum Gasteiger partial charge on any atom is -0.355 e. The molecule has 1 aliphatic heterocycles. The minimum absolute atomic E-state index is 0.0691. The number of allylic oxidation sites excluding steroid dienone is 1. The molecule has 0 saturated carbocycles. The van der Waals surface area contributed by atoms with Crippen molar-refractivity contribution in [3.8, 4) is 6.07 Å². The predicted molar refractivity (Wildman–Crippen MR) is 66.4 cm³/mol. The molecule has 0 spiro atoms. The molecular weight excluding hydrogens is 332 g/mol. The summed E-state index contributed by atoms with van der Waals surface area (Å²) in [5.74, 6) is 0. The molecule has 2 rings (SSSR count). The van der Waals surface area contributed by atoms with E-state index in [1.807, 2.05) is 0 Å². The van der Waals surface area contributed by atoms with Crippen molar-refractivity contribution in [2.75, 3.05) is 5.32 Å². The van der Waals surface area contributed by atoms with Gasteiger partial charge in [-0.2, -0.15) is 18.4 Å². The molecule has 1 heterocycles. The number of alkyl halides is 4. The second kappa shape index (κ2) is 4.18. The van der Waals surface area contributed by atoms with Gasteiger partial charge < -0.3 is 5.32 Å². The van der Waals surface area contributed by atoms with E-state index in [1.54, 1.807) is 6.07 Å². The summed E-state index contributed by atoms with van der Waals surface area (Å²) in [6, 6.07) is 5.81. The molecule has 94 valence electrons. The molecule has 0 saturated heterocycles. The fourth-order valence-electron chi connectivity index (χ4n) is 1.65. The third kappa shape index (κ3) is 2.33. The minimum atomic E-state index is -4.56. The molecule has 1 aromatic carbocycles. The third-order valence-corrected chi connectivity index (χ3v) is 3.24. The average molecular weight is 338 g/mol. The number of nitrogens with zero attached hydrogens (tertiary/aromatic N) is 1. The molecular formula is C11H5BrClF3N2. The van der Waals surface area contributed by atoms with Gasteiger partial charge in [-0.25, -0.2) is 0 Å². The van der Waals surface area contributed by atoms with Crippen molar-refractivity contribution < 1.29 is 13.2 Å². The largest absolute Gasteiger partial charge is 0.416 e. The van der Waals surface area contributed by atoms with Gasteiger partial charge in [0.1, 0.15) is 6.07 Å². The Hall–Kier alpha value is -1.19. The first-order chi connectivity index (χ1) is 8.25. The van der Waals surface area contributed by atoms with Gasteiger partial charge in [0.15, 0.2) is 0 Å². The normalized spacial score (nSPS) is 22.6. The van der Waals surface area contributed by atoms with Gasteiger partial charge in [0.05, 0.1) is 5.57 Å². The van der Waals surface area contributed by atoms with Crippen LogP contribution in [-0.2, 0) is 0 Å². The van der Waals surface area contributed by atoms with Crippen LogP contribution in [0.3, 0.4) is 0 Å². The Labute approximate surface area is 114 Å². The Morgan fingerprint density at radius 2 is 2.06 bits per heavy atom. The van der Waals surface area contributed by atoms with Gasteiger partial charge in [-0.05, 0) is 40.2 Å². The SMILES string of the molecule is N#CC1(Br)C=C(C(F)(F)F)c2cc(Cl)ccc2N1. The van der Waals surface area contributed by atoms with Gasteiger partial charge in [-0.15, -0.1) is 0 Å². The Morgan fingerprint density at radius 1 is 1.39 bits per heavy atom. The Bertz CT molecular complexity index is 577. The quantitative estimate of drug-likeness (QED) is 0.565. The van der Waals surface area contributed by atoms with Crippen LogP contribution < -0.4 is 5.32 Å². The number of halogens is 5. The van der Waals surface area contributed by atoms with E-state index in [1.165, 1.54) is 18.2 Å². The highest BCUT2D eigenvalue weighted by molar-refractivity contribution is 9.10. The van der Waals surface area contributed by atoms with E-state index in [0.29, 0.717) is 0 Å². The summed E-state index contributed by atoms with van der Waals surface area (Å²) < 4.78 is 37.3. The number of nitrogens with one attached hydrogen (secondary N) is 1. The lowest BCUT2D eigenvalue weighted by Gasteiger charge is -2.29. The molecule has 1 aliphatic rings. The van der Waals surface area contributed by atoms with Crippen LogP contribution in [0.25, 0.3) is 5.57 Å². The van der Waals surface area contributed by atoms with Crippen LogP contribution >= 0.6 is 27.5 Å². The molecule has 1 N–H and O–H groups in total. The van der Waals surface area contributed by atoms with Gasteiger partial charge >= 0.3 is 6.18 Å². The second-order valence-corrected chi connectivity index (χ2v) is 5.38. The number of rotatable bonds is 0. The number of hydrogen-bond donors (Lipinski definition) is 1. The Morgan fingerprint density at radius 3 is 2.61 bits per heavy atom. The van der Waals surface area contributed by atoms with E-state index in [4.69, 9.17) is 16.9 Å². The maximum atomic E-state index is 13.0. The van der Waals surface area contributed by atoms with E-state index in [2.05, 4.69) is 21.2 Å². The highest BCUT2D eigenvalue weighted by Crippen LogP contribution is 2.44. The Kier molecular flexibility index (Phi) is 3.07. The maximum absolute atomic E-state index is 13.0. The first kappa shape index (κ1) is 13.2. The molecule has 1 unspecified atom stereocenters. The van der Waals surface area contributed by atoms with Crippen LogP contribution in [0.15, 0.2) is 24.3 Å². The summed E-state index contributed by atoms with van der Waals surface area (Å²) in [6.45, 7) is 0. The van der Waals surface area contributed by atoms with Crippen molar-refractivity contribution in [3.05, 3.63) is 34.9 Å². The van der Waals surface area contributed by atoms with Crippen molar-refractivity contribution in [2.24, 2.45) is 0 Å². The fraction of sp³-hybridized carbons (Fsp3) is 0.182. The maximum Gasteiger partial charge on any atom is 0.416 e. The summed E-state index contributed by atoms with van der Waals surface area (Å²) in [5, 5.41) is 11.8. The van der Waals surface area contributed by atoms with Crippen molar-refractivity contribution in [3.63, 3.8) is 0 Å². The molecule has 2 nitrogen and oxygen atoms in total. The van der Waals surface area contributed by atoms with Gasteiger partial charge in [-0.1, -0.05) is 11.6 Å². The molecule has 7 heteroatoms. The summed E-state index contributed by atoms with van der Waals surface area (Å²) in [4.78, 5) is 0. The van der Waals surface area contributed by atoms with Crippen molar-refractivity contribution in [1.29, 1.82) is 5.26 Å². The van der Waals surface area contributed by atoms with E-state index >= 15 is 0 Å². The highest BCUT2D eigenvalue weighted by atomic mass is 79.9. The monoisotopic (exact) mass is 336 g/mol. The zero-order valence-corrected chi connectivity index (χ0v) is 11.0. The van der Waals surface area contributed by atoms with Crippen molar-refractivity contribution in [1.82, 2.24) is 0 Å². The van der Waals surface area contributed by atoms with Crippen LogP contribution in [-0.4, -0.2) is 10.6 Å².